The van der Waals surface area contributed by atoms with Crippen LogP contribution in [0.3, 0.4) is 0 Å². The molecular formula is C15H19FN4O2. The molecule has 0 spiro atoms. The molecule has 0 bridgehead atoms. The molecule has 1 aromatic carbocycles. The molecule has 0 aliphatic carbocycles. The van der Waals surface area contributed by atoms with Crippen LogP contribution in [0.25, 0.3) is 11.4 Å². The van der Waals surface area contributed by atoms with E-state index in [9.17, 15) is 14.0 Å². The Morgan fingerprint density at radius 2 is 2.00 bits per heavy atom. The Balaban J connectivity index is 2.11. The van der Waals surface area contributed by atoms with Gasteiger partial charge in [-0.25, -0.2) is 13.9 Å². The Morgan fingerprint density at radius 1 is 1.32 bits per heavy atom. The fourth-order valence-corrected chi connectivity index (χ4v) is 2.10. The van der Waals surface area contributed by atoms with Crippen molar-refractivity contribution in [3.8, 4) is 11.4 Å². The van der Waals surface area contributed by atoms with Gasteiger partial charge in [0.25, 0.3) is 0 Å². The lowest BCUT2D eigenvalue weighted by Crippen LogP contribution is -2.31. The van der Waals surface area contributed by atoms with Gasteiger partial charge in [-0.3, -0.25) is 9.36 Å². The summed E-state index contributed by atoms with van der Waals surface area (Å²) in [6.45, 7) is 2.57. The highest BCUT2D eigenvalue weighted by atomic mass is 19.1. The fourth-order valence-electron chi connectivity index (χ4n) is 2.10. The molecule has 0 atom stereocenters. The molecule has 0 fully saturated rings. The number of carbonyl (C=O) groups is 1. The third kappa shape index (κ3) is 3.60. The van der Waals surface area contributed by atoms with Gasteiger partial charge in [0.2, 0.25) is 5.91 Å². The molecule has 118 valence electrons. The molecule has 1 N–H and O–H groups in total. The van der Waals surface area contributed by atoms with Crippen molar-refractivity contribution in [3.63, 3.8) is 0 Å². The van der Waals surface area contributed by atoms with E-state index in [1.807, 2.05) is 6.92 Å². The molecule has 7 heteroatoms. The lowest BCUT2D eigenvalue weighted by molar-refractivity contribution is -0.121. The molecule has 6 nitrogen and oxygen atoms in total. The van der Waals surface area contributed by atoms with Gasteiger partial charge in [-0.05, 0) is 30.7 Å². The molecule has 0 saturated carbocycles. The Morgan fingerprint density at radius 3 is 2.64 bits per heavy atom. The van der Waals surface area contributed by atoms with E-state index in [4.69, 9.17) is 0 Å². The minimum Gasteiger partial charge on any atom is -0.354 e. The summed E-state index contributed by atoms with van der Waals surface area (Å²) >= 11 is 0. The topological polar surface area (TPSA) is 68.9 Å². The lowest BCUT2D eigenvalue weighted by Gasteiger charge is -2.03. The van der Waals surface area contributed by atoms with E-state index in [2.05, 4.69) is 10.4 Å². The Kier molecular flexibility index (Phi) is 5.08. The average molecular weight is 306 g/mol. The average Bonchev–Trinajstić information content (AvgIpc) is 2.77. The van der Waals surface area contributed by atoms with Gasteiger partial charge in [-0.1, -0.05) is 6.92 Å². The highest BCUT2D eigenvalue weighted by Gasteiger charge is 2.12. The van der Waals surface area contributed by atoms with Crippen molar-refractivity contribution >= 4 is 5.91 Å². The van der Waals surface area contributed by atoms with E-state index in [1.165, 1.54) is 21.4 Å². The molecule has 1 aromatic heterocycles. The van der Waals surface area contributed by atoms with Crippen LogP contribution in [0, 0.1) is 5.82 Å². The van der Waals surface area contributed by atoms with E-state index < -0.39 is 0 Å². The summed E-state index contributed by atoms with van der Waals surface area (Å²) in [5.41, 5.74) is 0.388. The molecule has 0 radical (unpaired) electrons. The number of rotatable bonds is 6. The number of halogens is 1. The van der Waals surface area contributed by atoms with Crippen molar-refractivity contribution in [3.05, 3.63) is 40.6 Å². The maximum absolute atomic E-state index is 13.0. The number of nitrogens with zero attached hydrogens (tertiary/aromatic N) is 3. The first-order valence-electron chi connectivity index (χ1n) is 7.19. The SMILES string of the molecule is CCCC(=O)NCCn1nc(-c2ccc(F)cc2)n(C)c1=O. The van der Waals surface area contributed by atoms with Crippen molar-refractivity contribution in [2.24, 2.45) is 7.05 Å². The molecule has 0 aliphatic rings. The molecule has 1 amide bonds. The highest BCUT2D eigenvalue weighted by molar-refractivity contribution is 5.75. The zero-order valence-electron chi connectivity index (χ0n) is 12.7. The second-order valence-corrected chi connectivity index (χ2v) is 5.00. The zero-order valence-corrected chi connectivity index (χ0v) is 12.7. The van der Waals surface area contributed by atoms with E-state index in [0.29, 0.717) is 30.9 Å². The van der Waals surface area contributed by atoms with Crippen molar-refractivity contribution in [1.82, 2.24) is 19.7 Å². The minimum atomic E-state index is -0.341. The molecule has 0 aliphatic heterocycles. The molecule has 0 unspecified atom stereocenters. The largest absolute Gasteiger partial charge is 0.354 e. The molecular weight excluding hydrogens is 287 g/mol. The van der Waals surface area contributed by atoms with Crippen molar-refractivity contribution in [2.75, 3.05) is 6.54 Å². The van der Waals surface area contributed by atoms with Crippen LogP contribution in [-0.4, -0.2) is 26.8 Å². The standard InChI is InChI=1S/C15H19FN4O2/c1-3-4-13(21)17-9-10-20-15(22)19(2)14(18-20)11-5-7-12(16)8-6-11/h5-8H,3-4,9-10H2,1-2H3,(H,17,21). The second-order valence-electron chi connectivity index (χ2n) is 5.00. The van der Waals surface area contributed by atoms with Crippen molar-refractivity contribution in [2.45, 2.75) is 26.3 Å². The molecule has 2 rings (SSSR count). The first-order chi connectivity index (χ1) is 10.5. The van der Waals surface area contributed by atoms with Gasteiger partial charge in [-0.2, -0.15) is 0 Å². The Labute approximate surface area is 127 Å². The Hall–Kier alpha value is -2.44. The van der Waals surface area contributed by atoms with E-state index in [-0.39, 0.29) is 17.4 Å². The third-order valence-electron chi connectivity index (χ3n) is 3.27. The smallest absolute Gasteiger partial charge is 0.345 e. The summed E-state index contributed by atoms with van der Waals surface area (Å²) in [5, 5.41) is 6.98. The first kappa shape index (κ1) is 15.9. The van der Waals surface area contributed by atoms with Crippen LogP contribution in [0.4, 0.5) is 4.39 Å². The van der Waals surface area contributed by atoms with Crippen LogP contribution in [-0.2, 0) is 18.4 Å². The van der Waals surface area contributed by atoms with Gasteiger partial charge >= 0.3 is 5.69 Å². The second kappa shape index (κ2) is 7.02. The molecule has 0 saturated heterocycles. The maximum atomic E-state index is 13.0. The normalized spacial score (nSPS) is 10.7. The predicted octanol–water partition coefficient (Wildman–Crippen LogP) is 1.30. The van der Waals surface area contributed by atoms with Crippen LogP contribution in [0.2, 0.25) is 0 Å². The van der Waals surface area contributed by atoms with E-state index in [0.717, 1.165) is 6.42 Å². The summed E-state index contributed by atoms with van der Waals surface area (Å²) in [6, 6.07) is 5.79. The highest BCUT2D eigenvalue weighted by Crippen LogP contribution is 2.15. The number of amides is 1. The monoisotopic (exact) mass is 306 g/mol. The van der Waals surface area contributed by atoms with Gasteiger partial charge in [0.15, 0.2) is 5.82 Å². The summed E-state index contributed by atoms with van der Waals surface area (Å²) in [5.74, 6) is 0.0851. The summed E-state index contributed by atoms with van der Waals surface area (Å²) in [4.78, 5) is 23.5. The van der Waals surface area contributed by atoms with Gasteiger partial charge in [0.1, 0.15) is 5.82 Å². The first-order valence-corrected chi connectivity index (χ1v) is 7.19. The van der Waals surface area contributed by atoms with Gasteiger partial charge in [0, 0.05) is 25.6 Å². The maximum Gasteiger partial charge on any atom is 0.345 e. The molecule has 22 heavy (non-hydrogen) atoms. The van der Waals surface area contributed by atoms with E-state index in [1.54, 1.807) is 19.2 Å². The molecule has 1 heterocycles. The minimum absolute atomic E-state index is 0.0368. The van der Waals surface area contributed by atoms with Crippen LogP contribution in [0.1, 0.15) is 19.8 Å². The van der Waals surface area contributed by atoms with Crippen LogP contribution in [0.15, 0.2) is 29.1 Å². The molecule has 2 aromatic rings. The number of carbonyl (C=O) groups excluding carboxylic acids is 1. The number of benzene rings is 1. The van der Waals surface area contributed by atoms with Crippen molar-refractivity contribution in [1.29, 1.82) is 0 Å². The summed E-state index contributed by atoms with van der Waals surface area (Å²) in [7, 11) is 1.61. The van der Waals surface area contributed by atoms with Gasteiger partial charge in [-0.15, -0.1) is 5.10 Å². The number of nitrogens with one attached hydrogen (secondary N) is 1. The van der Waals surface area contributed by atoms with Crippen molar-refractivity contribution < 1.29 is 9.18 Å². The van der Waals surface area contributed by atoms with Gasteiger partial charge in [0.05, 0.1) is 6.54 Å². The predicted molar refractivity (Wildman–Crippen MR) is 80.8 cm³/mol. The zero-order chi connectivity index (χ0) is 16.1. The van der Waals surface area contributed by atoms with Crippen LogP contribution >= 0.6 is 0 Å². The number of hydrogen-bond donors (Lipinski definition) is 1. The van der Waals surface area contributed by atoms with Crippen LogP contribution < -0.4 is 11.0 Å². The van der Waals surface area contributed by atoms with Crippen LogP contribution in [0.5, 0.6) is 0 Å². The quantitative estimate of drug-likeness (QED) is 0.874. The fraction of sp³-hybridized carbons (Fsp3) is 0.400. The lowest BCUT2D eigenvalue weighted by atomic mass is 10.2. The van der Waals surface area contributed by atoms with Gasteiger partial charge < -0.3 is 5.32 Å². The summed E-state index contributed by atoms with van der Waals surface area (Å²) in [6.07, 6.45) is 1.25. The number of hydrogen-bond acceptors (Lipinski definition) is 3. The Bertz CT molecular complexity index is 703. The third-order valence-corrected chi connectivity index (χ3v) is 3.27. The van der Waals surface area contributed by atoms with E-state index >= 15 is 0 Å². The summed E-state index contributed by atoms with van der Waals surface area (Å²) < 4.78 is 15.7. The number of aromatic nitrogens is 3.